The van der Waals surface area contributed by atoms with Crippen molar-refractivity contribution in [1.82, 2.24) is 24.3 Å². The van der Waals surface area contributed by atoms with Gasteiger partial charge < -0.3 is 14.6 Å². The molecule has 3 heterocycles. The lowest BCUT2D eigenvalue weighted by molar-refractivity contribution is 0.413. The first-order valence-corrected chi connectivity index (χ1v) is 11.5. The van der Waals surface area contributed by atoms with Crippen molar-refractivity contribution in [2.45, 2.75) is 19.6 Å². The highest BCUT2D eigenvalue weighted by Crippen LogP contribution is 2.22. The maximum Gasteiger partial charge on any atom is 0.269 e. The topological polar surface area (TPSA) is 86.9 Å². The van der Waals surface area contributed by atoms with Crippen LogP contribution in [-0.4, -0.2) is 31.4 Å². The zero-order valence-corrected chi connectivity index (χ0v) is 20.1. The number of anilines is 1. The van der Waals surface area contributed by atoms with E-state index in [1.54, 1.807) is 46.8 Å². The van der Waals surface area contributed by atoms with E-state index < -0.39 is 0 Å². The van der Waals surface area contributed by atoms with Crippen molar-refractivity contribution in [2.75, 3.05) is 12.4 Å². The van der Waals surface area contributed by atoms with Crippen molar-refractivity contribution in [3.63, 3.8) is 0 Å². The minimum atomic E-state index is -0.326. The summed E-state index contributed by atoms with van der Waals surface area (Å²) in [6, 6.07) is 15.9. The van der Waals surface area contributed by atoms with Crippen LogP contribution in [0, 0.1) is 5.82 Å². The van der Waals surface area contributed by atoms with E-state index in [-0.39, 0.29) is 22.9 Å². The van der Waals surface area contributed by atoms with Crippen molar-refractivity contribution >= 4 is 28.5 Å². The molecule has 0 fully saturated rings. The highest BCUT2D eigenvalue weighted by atomic mass is 35.5. The summed E-state index contributed by atoms with van der Waals surface area (Å²) in [5.74, 6) is 0.822. The maximum absolute atomic E-state index is 14.2. The molecule has 0 amide bonds. The molecule has 5 aromatic rings. The van der Waals surface area contributed by atoms with Crippen LogP contribution in [0.1, 0.15) is 16.7 Å². The summed E-state index contributed by atoms with van der Waals surface area (Å²) in [7, 11) is 1.54. The number of rotatable bonds is 8. The largest absolute Gasteiger partial charge is 0.497 e. The number of hydrogen-bond donors (Lipinski definition) is 1. The van der Waals surface area contributed by atoms with E-state index in [1.807, 2.05) is 30.5 Å². The molecule has 5 rings (SSSR count). The second-order valence-corrected chi connectivity index (χ2v) is 8.61. The number of ether oxygens (including phenoxy) is 1. The summed E-state index contributed by atoms with van der Waals surface area (Å²) >= 11 is 5.93. The summed E-state index contributed by atoms with van der Waals surface area (Å²) in [6.07, 6.45) is 5.00. The lowest BCUT2D eigenvalue weighted by atomic mass is 10.1. The van der Waals surface area contributed by atoms with E-state index in [2.05, 4.69) is 20.4 Å². The Kier molecular flexibility index (Phi) is 6.64. The minimum absolute atomic E-state index is 0.199. The fourth-order valence-electron chi connectivity index (χ4n) is 3.86. The van der Waals surface area contributed by atoms with Gasteiger partial charge in [-0.05, 0) is 41.5 Å². The highest BCUT2D eigenvalue weighted by molar-refractivity contribution is 6.30. The molecule has 10 heteroatoms. The number of halogens is 2. The summed E-state index contributed by atoms with van der Waals surface area (Å²) < 4.78 is 22.7. The number of pyridine rings is 1. The van der Waals surface area contributed by atoms with E-state index >= 15 is 0 Å². The Balaban J connectivity index is 1.30. The van der Waals surface area contributed by atoms with Crippen LogP contribution in [0.4, 0.5) is 10.2 Å². The van der Waals surface area contributed by atoms with Gasteiger partial charge in [0.15, 0.2) is 5.65 Å². The van der Waals surface area contributed by atoms with Crippen LogP contribution in [0.2, 0.25) is 5.02 Å². The van der Waals surface area contributed by atoms with Gasteiger partial charge in [-0.2, -0.15) is 5.10 Å². The van der Waals surface area contributed by atoms with Gasteiger partial charge in [0.2, 0.25) is 0 Å². The highest BCUT2D eigenvalue weighted by Gasteiger charge is 2.11. The van der Waals surface area contributed by atoms with Crippen molar-refractivity contribution in [3.8, 4) is 5.75 Å². The predicted molar refractivity (Wildman–Crippen MR) is 136 cm³/mol. The Bertz CT molecular complexity index is 1580. The summed E-state index contributed by atoms with van der Waals surface area (Å²) in [5.41, 5.74) is 2.80. The molecule has 0 unspecified atom stereocenters. The zero-order valence-electron chi connectivity index (χ0n) is 19.4. The van der Waals surface area contributed by atoms with Crippen molar-refractivity contribution in [3.05, 3.63) is 111 Å². The fourth-order valence-corrected chi connectivity index (χ4v) is 4.05. The molecule has 0 aliphatic heterocycles. The Hall–Kier alpha value is -4.24. The third-order valence-corrected chi connectivity index (χ3v) is 6.05. The van der Waals surface area contributed by atoms with Crippen molar-refractivity contribution in [1.29, 1.82) is 0 Å². The Labute approximate surface area is 211 Å². The molecule has 0 aliphatic carbocycles. The molecule has 0 saturated heterocycles. The van der Waals surface area contributed by atoms with Crippen LogP contribution in [0.5, 0.6) is 5.75 Å². The summed E-state index contributed by atoms with van der Waals surface area (Å²) in [4.78, 5) is 20.7. The van der Waals surface area contributed by atoms with Gasteiger partial charge in [0.25, 0.3) is 5.56 Å². The quantitative estimate of drug-likeness (QED) is 0.335. The van der Waals surface area contributed by atoms with Gasteiger partial charge in [-0.1, -0.05) is 35.9 Å². The molecule has 8 nitrogen and oxygen atoms in total. The fraction of sp³-hybridized carbons (Fsp3) is 0.154. The Morgan fingerprint density at radius 2 is 1.83 bits per heavy atom. The van der Waals surface area contributed by atoms with Crippen molar-refractivity contribution < 1.29 is 9.13 Å². The first-order valence-electron chi connectivity index (χ1n) is 11.2. The van der Waals surface area contributed by atoms with E-state index in [4.69, 9.17) is 16.3 Å². The van der Waals surface area contributed by atoms with E-state index in [0.717, 1.165) is 16.5 Å². The normalized spacial score (nSPS) is 11.1. The third-order valence-electron chi connectivity index (χ3n) is 5.76. The lowest BCUT2D eigenvalue weighted by Crippen LogP contribution is -2.19. The van der Waals surface area contributed by atoms with Gasteiger partial charge in [0, 0.05) is 24.5 Å². The van der Waals surface area contributed by atoms with Gasteiger partial charge in [-0.25, -0.2) is 14.4 Å². The van der Waals surface area contributed by atoms with Crippen LogP contribution in [0.3, 0.4) is 0 Å². The van der Waals surface area contributed by atoms with E-state index in [0.29, 0.717) is 35.9 Å². The number of methoxy groups -OCH3 is 1. The molecule has 0 saturated carbocycles. The van der Waals surface area contributed by atoms with Gasteiger partial charge in [0.05, 0.1) is 25.6 Å². The second kappa shape index (κ2) is 10.2. The van der Waals surface area contributed by atoms with Crippen LogP contribution in [-0.2, 0) is 19.6 Å². The average Bonchev–Trinajstić information content (AvgIpc) is 3.30. The average molecular weight is 505 g/mol. The molecule has 36 heavy (non-hydrogen) atoms. The molecule has 2 aromatic carbocycles. The molecule has 0 spiro atoms. The van der Waals surface area contributed by atoms with Gasteiger partial charge in [0.1, 0.15) is 28.7 Å². The molecule has 0 aliphatic rings. The molecule has 0 atom stereocenters. The molecule has 1 N–H and O–H groups in total. The first kappa shape index (κ1) is 23.5. The van der Waals surface area contributed by atoms with E-state index in [9.17, 15) is 9.18 Å². The first-order chi connectivity index (χ1) is 17.5. The monoisotopic (exact) mass is 504 g/mol. The van der Waals surface area contributed by atoms with E-state index in [1.165, 1.54) is 12.4 Å². The molecule has 182 valence electrons. The zero-order chi connectivity index (χ0) is 25.1. The van der Waals surface area contributed by atoms with Gasteiger partial charge >= 0.3 is 0 Å². The maximum atomic E-state index is 14.2. The van der Waals surface area contributed by atoms with Crippen LogP contribution >= 0.6 is 11.6 Å². The van der Waals surface area contributed by atoms with Crippen LogP contribution in [0.15, 0.2) is 78.1 Å². The Morgan fingerprint density at radius 1 is 1.06 bits per heavy atom. The second-order valence-electron chi connectivity index (χ2n) is 8.20. The molecular formula is C26H22ClFN6O2. The summed E-state index contributed by atoms with van der Waals surface area (Å²) in [6.45, 7) is 1.19. The molecular weight excluding hydrogens is 483 g/mol. The number of nitrogens with zero attached hydrogens (tertiary/aromatic N) is 5. The predicted octanol–water partition coefficient (Wildman–Crippen LogP) is 4.50. The third kappa shape index (κ3) is 5.06. The number of nitrogens with one attached hydrogen (secondary N) is 1. The van der Waals surface area contributed by atoms with Crippen molar-refractivity contribution in [2.24, 2.45) is 0 Å². The number of hydrogen-bond acceptors (Lipinski definition) is 6. The number of benzene rings is 2. The van der Waals surface area contributed by atoms with Crippen LogP contribution in [0.25, 0.3) is 11.0 Å². The van der Waals surface area contributed by atoms with Gasteiger partial charge in [-0.15, -0.1) is 0 Å². The number of aromatic nitrogens is 5. The SMILES string of the molecule is COc1ccc(F)c(CNc2ncnc3nn(Cc4ccc(Cn5cccc(Cl)c5=O)cc4)cc23)c1. The standard InChI is InChI=1S/C26H22ClFN6O2/c1-36-20-8-9-23(28)19(11-20)12-29-24-21-15-34(32-25(21)31-16-30-24)14-18-6-4-17(5-7-18)13-33-10-2-3-22(27)26(33)35/h2-11,15-16H,12-14H2,1H3,(H,29,30,31,32). The minimum Gasteiger partial charge on any atom is -0.497 e. The summed E-state index contributed by atoms with van der Waals surface area (Å²) in [5, 5.41) is 8.66. The molecule has 0 radical (unpaired) electrons. The molecule has 3 aromatic heterocycles. The van der Waals surface area contributed by atoms with Gasteiger partial charge in [-0.3, -0.25) is 9.48 Å². The Morgan fingerprint density at radius 3 is 2.61 bits per heavy atom. The van der Waals surface area contributed by atoms with Crippen LogP contribution < -0.4 is 15.6 Å². The number of fused-ring (bicyclic) bond motifs is 1. The molecule has 0 bridgehead atoms. The lowest BCUT2D eigenvalue weighted by Gasteiger charge is -2.08. The smallest absolute Gasteiger partial charge is 0.269 e.